The third-order valence-electron chi connectivity index (χ3n) is 5.28. The molecule has 0 aliphatic carbocycles. The molecule has 2 aromatic rings. The standard InChI is InChI=1S/C21H25N3O4/c1-26-21(25)22-14-18(16-7-8-19-20(13-16)28-15-27-19)24-11-9-23(10-12-24)17-5-3-2-4-6-17/h2-8,13,18H,9-12,14-15H2,1H3,(H,22,25)/t18-/m1/s1. The zero-order chi connectivity index (χ0) is 19.3. The Balaban J connectivity index is 1.48. The number of nitrogens with one attached hydrogen (secondary N) is 1. The molecule has 2 heterocycles. The first kappa shape index (κ1) is 18.4. The Morgan fingerprint density at radius 3 is 2.57 bits per heavy atom. The van der Waals surface area contributed by atoms with E-state index in [1.54, 1.807) is 0 Å². The van der Waals surface area contributed by atoms with Gasteiger partial charge in [0.2, 0.25) is 6.79 Å². The number of hydrogen-bond donors (Lipinski definition) is 1. The SMILES string of the molecule is COC(=O)NC[C@H](c1ccc2c(c1)OCO2)N1CCN(c2ccccc2)CC1. The maximum absolute atomic E-state index is 11.6. The fourth-order valence-electron chi connectivity index (χ4n) is 3.76. The van der Waals surface area contributed by atoms with Gasteiger partial charge in [-0.15, -0.1) is 0 Å². The van der Waals surface area contributed by atoms with Crippen LogP contribution >= 0.6 is 0 Å². The molecule has 0 radical (unpaired) electrons. The van der Waals surface area contributed by atoms with E-state index in [0.29, 0.717) is 6.54 Å². The van der Waals surface area contributed by atoms with Gasteiger partial charge < -0.3 is 24.4 Å². The number of methoxy groups -OCH3 is 1. The predicted octanol–water partition coefficient (Wildman–Crippen LogP) is 2.63. The third kappa shape index (κ3) is 3.99. The van der Waals surface area contributed by atoms with Crippen LogP contribution in [0.15, 0.2) is 48.5 Å². The molecule has 0 saturated carbocycles. The van der Waals surface area contributed by atoms with Crippen LogP contribution in [0.25, 0.3) is 0 Å². The molecule has 7 nitrogen and oxygen atoms in total. The van der Waals surface area contributed by atoms with Gasteiger partial charge in [-0.25, -0.2) is 4.79 Å². The van der Waals surface area contributed by atoms with Gasteiger partial charge in [-0.05, 0) is 29.8 Å². The molecule has 1 N–H and O–H groups in total. The van der Waals surface area contributed by atoms with Gasteiger partial charge >= 0.3 is 6.09 Å². The minimum Gasteiger partial charge on any atom is -0.454 e. The number of rotatable bonds is 5. The lowest BCUT2D eigenvalue weighted by atomic mass is 10.0. The number of piperazine rings is 1. The smallest absolute Gasteiger partial charge is 0.406 e. The van der Waals surface area contributed by atoms with Crippen LogP contribution in [0.5, 0.6) is 11.5 Å². The van der Waals surface area contributed by atoms with Crippen LogP contribution in [0.2, 0.25) is 0 Å². The molecular formula is C21H25N3O4. The van der Waals surface area contributed by atoms with Gasteiger partial charge in [0.25, 0.3) is 0 Å². The van der Waals surface area contributed by atoms with Crippen molar-refractivity contribution in [3.8, 4) is 11.5 Å². The van der Waals surface area contributed by atoms with Crippen LogP contribution in [-0.4, -0.2) is 57.6 Å². The second-order valence-electron chi connectivity index (χ2n) is 6.86. The van der Waals surface area contributed by atoms with Crippen LogP contribution in [0, 0.1) is 0 Å². The summed E-state index contributed by atoms with van der Waals surface area (Å²) in [6.45, 7) is 4.39. The molecule has 0 bridgehead atoms. The summed E-state index contributed by atoms with van der Waals surface area (Å²) in [4.78, 5) is 16.4. The quantitative estimate of drug-likeness (QED) is 0.857. The number of fused-ring (bicyclic) bond motifs is 1. The van der Waals surface area contributed by atoms with Crippen LogP contribution in [0.1, 0.15) is 11.6 Å². The van der Waals surface area contributed by atoms with Crippen molar-refractivity contribution in [1.29, 1.82) is 0 Å². The molecule has 1 saturated heterocycles. The van der Waals surface area contributed by atoms with Crippen molar-refractivity contribution >= 4 is 11.8 Å². The molecule has 1 fully saturated rings. The first-order valence-electron chi connectivity index (χ1n) is 9.50. The van der Waals surface area contributed by atoms with E-state index < -0.39 is 6.09 Å². The number of ether oxygens (including phenoxy) is 3. The van der Waals surface area contributed by atoms with E-state index >= 15 is 0 Å². The van der Waals surface area contributed by atoms with Crippen LogP contribution < -0.4 is 19.7 Å². The number of amides is 1. The second kappa shape index (κ2) is 8.39. The molecule has 1 amide bonds. The lowest BCUT2D eigenvalue weighted by Gasteiger charge is -2.40. The predicted molar refractivity (Wildman–Crippen MR) is 106 cm³/mol. The van der Waals surface area contributed by atoms with E-state index in [0.717, 1.165) is 43.2 Å². The van der Waals surface area contributed by atoms with Crippen molar-refractivity contribution in [2.24, 2.45) is 0 Å². The second-order valence-corrected chi connectivity index (χ2v) is 6.86. The Bertz CT molecular complexity index is 807. The molecule has 2 aliphatic heterocycles. The summed E-state index contributed by atoms with van der Waals surface area (Å²) >= 11 is 0. The average molecular weight is 383 g/mol. The van der Waals surface area contributed by atoms with Gasteiger partial charge in [0.05, 0.1) is 13.2 Å². The molecule has 0 unspecified atom stereocenters. The molecule has 1 atom stereocenters. The Kier molecular flexibility index (Phi) is 5.53. The third-order valence-corrected chi connectivity index (χ3v) is 5.28. The van der Waals surface area contributed by atoms with E-state index in [2.05, 4.69) is 39.4 Å². The van der Waals surface area contributed by atoms with Gasteiger partial charge in [-0.2, -0.15) is 0 Å². The van der Waals surface area contributed by atoms with Crippen molar-refractivity contribution in [3.63, 3.8) is 0 Å². The van der Waals surface area contributed by atoms with E-state index in [1.807, 2.05) is 24.3 Å². The zero-order valence-corrected chi connectivity index (χ0v) is 16.0. The highest BCUT2D eigenvalue weighted by Gasteiger charge is 2.27. The summed E-state index contributed by atoms with van der Waals surface area (Å²) in [5, 5.41) is 2.85. The number of benzene rings is 2. The topological polar surface area (TPSA) is 63.3 Å². The monoisotopic (exact) mass is 383 g/mol. The highest BCUT2D eigenvalue weighted by molar-refractivity contribution is 5.67. The number of para-hydroxylation sites is 1. The van der Waals surface area contributed by atoms with Gasteiger partial charge in [0.1, 0.15) is 0 Å². The number of hydrogen-bond acceptors (Lipinski definition) is 6. The Morgan fingerprint density at radius 1 is 1.07 bits per heavy atom. The molecule has 2 aliphatic rings. The number of alkyl carbamates (subject to hydrolysis) is 1. The van der Waals surface area contributed by atoms with E-state index in [1.165, 1.54) is 12.8 Å². The van der Waals surface area contributed by atoms with Crippen molar-refractivity contribution in [3.05, 3.63) is 54.1 Å². The van der Waals surface area contributed by atoms with Gasteiger partial charge in [0, 0.05) is 38.4 Å². The first-order chi connectivity index (χ1) is 13.7. The van der Waals surface area contributed by atoms with Crippen molar-refractivity contribution in [2.45, 2.75) is 6.04 Å². The molecular weight excluding hydrogens is 358 g/mol. The molecule has 0 spiro atoms. The summed E-state index contributed by atoms with van der Waals surface area (Å²) in [6, 6.07) is 16.5. The van der Waals surface area contributed by atoms with Crippen LogP contribution in [0.3, 0.4) is 0 Å². The molecule has 2 aromatic carbocycles. The highest BCUT2D eigenvalue weighted by Crippen LogP contribution is 2.35. The lowest BCUT2D eigenvalue weighted by molar-refractivity contribution is 0.154. The number of carbonyl (C=O) groups excluding carboxylic acids is 1. The summed E-state index contributed by atoms with van der Waals surface area (Å²) < 4.78 is 15.7. The molecule has 7 heteroatoms. The Morgan fingerprint density at radius 2 is 1.82 bits per heavy atom. The van der Waals surface area contributed by atoms with E-state index in [4.69, 9.17) is 14.2 Å². The maximum atomic E-state index is 11.6. The molecule has 0 aromatic heterocycles. The van der Waals surface area contributed by atoms with Crippen molar-refractivity contribution < 1.29 is 19.0 Å². The maximum Gasteiger partial charge on any atom is 0.406 e. The van der Waals surface area contributed by atoms with Crippen LogP contribution in [0.4, 0.5) is 10.5 Å². The summed E-state index contributed by atoms with van der Waals surface area (Å²) in [6.07, 6.45) is -0.423. The largest absolute Gasteiger partial charge is 0.454 e. The minimum atomic E-state index is -0.423. The summed E-state index contributed by atoms with van der Waals surface area (Å²) in [7, 11) is 1.38. The minimum absolute atomic E-state index is 0.0338. The van der Waals surface area contributed by atoms with Gasteiger partial charge in [-0.3, -0.25) is 4.90 Å². The highest BCUT2D eigenvalue weighted by atomic mass is 16.7. The first-order valence-corrected chi connectivity index (χ1v) is 9.50. The number of anilines is 1. The van der Waals surface area contributed by atoms with Crippen molar-refractivity contribution in [1.82, 2.24) is 10.2 Å². The number of nitrogens with zero attached hydrogens (tertiary/aromatic N) is 2. The van der Waals surface area contributed by atoms with Crippen molar-refractivity contribution in [2.75, 3.05) is 51.5 Å². The van der Waals surface area contributed by atoms with Gasteiger partial charge in [-0.1, -0.05) is 24.3 Å². The fraction of sp³-hybridized carbons (Fsp3) is 0.381. The summed E-state index contributed by atoms with van der Waals surface area (Å²) in [5.74, 6) is 1.51. The normalized spacial score (nSPS) is 17.2. The van der Waals surface area contributed by atoms with Gasteiger partial charge in [0.15, 0.2) is 11.5 Å². The van der Waals surface area contributed by atoms with E-state index in [9.17, 15) is 4.79 Å². The number of carbonyl (C=O) groups is 1. The van der Waals surface area contributed by atoms with E-state index in [-0.39, 0.29) is 12.8 Å². The Hall–Kier alpha value is -2.93. The molecule has 4 rings (SSSR count). The fourth-order valence-corrected chi connectivity index (χ4v) is 3.76. The zero-order valence-electron chi connectivity index (χ0n) is 16.0. The van der Waals surface area contributed by atoms with Crippen LogP contribution in [-0.2, 0) is 4.74 Å². The molecule has 148 valence electrons. The lowest BCUT2D eigenvalue weighted by Crippen LogP contribution is -2.49. The summed E-state index contributed by atoms with van der Waals surface area (Å²) in [5.41, 5.74) is 2.34. The average Bonchev–Trinajstić information content (AvgIpc) is 3.23. The molecule has 28 heavy (non-hydrogen) atoms. The Labute approximate surface area is 164 Å².